The summed E-state index contributed by atoms with van der Waals surface area (Å²) in [5, 5.41) is 11.3. The van der Waals surface area contributed by atoms with Gasteiger partial charge in [-0.25, -0.2) is 0 Å². The molecule has 0 unspecified atom stereocenters. The molecule has 116 valence electrons. The summed E-state index contributed by atoms with van der Waals surface area (Å²) < 4.78 is 26.8. The van der Waals surface area contributed by atoms with Crippen molar-refractivity contribution in [2.24, 2.45) is 0 Å². The molecule has 0 radical (unpaired) electrons. The molecule has 0 N–H and O–H groups in total. The average molecular weight is 327 g/mol. The maximum absolute atomic E-state index is 11.3. The molecule has 2 heterocycles. The van der Waals surface area contributed by atoms with E-state index in [2.05, 4.69) is 0 Å². The van der Waals surface area contributed by atoms with E-state index in [9.17, 15) is 10.1 Å². The normalized spacial score (nSPS) is 27.9. The maximum atomic E-state index is 11.3. The van der Waals surface area contributed by atoms with Crippen LogP contribution < -0.4 is 0 Å². The minimum Gasteiger partial charge on any atom is -0.343 e. The zero-order valence-corrected chi connectivity index (χ0v) is 13.1. The van der Waals surface area contributed by atoms with Gasteiger partial charge in [0.1, 0.15) is 19.8 Å². The minimum absolute atomic E-state index is 0.109. The molecule has 0 saturated carbocycles. The molecule has 0 aliphatic carbocycles. The zero-order valence-electron chi connectivity index (χ0n) is 11.4. The highest BCUT2D eigenvalue weighted by Gasteiger charge is 2.51. The SMILES string of the molecule is CC1(C)OCC(COP2(=S)OCCCO2)([N+](=O)[O-])CO1. The first-order valence-electron chi connectivity index (χ1n) is 6.23. The third-order valence-corrected chi connectivity index (χ3v) is 5.43. The van der Waals surface area contributed by atoms with E-state index in [0.29, 0.717) is 13.2 Å². The largest absolute Gasteiger partial charge is 0.343 e. The fourth-order valence-corrected chi connectivity index (χ4v) is 3.60. The summed E-state index contributed by atoms with van der Waals surface area (Å²) in [4.78, 5) is 10.9. The van der Waals surface area contributed by atoms with Crippen LogP contribution >= 0.6 is 6.72 Å². The first kappa shape index (κ1) is 16.2. The van der Waals surface area contributed by atoms with Gasteiger partial charge in [-0.3, -0.25) is 10.1 Å². The fourth-order valence-electron chi connectivity index (χ4n) is 1.66. The Hall–Kier alpha value is -0.150. The summed E-state index contributed by atoms with van der Waals surface area (Å²) in [5.74, 6) is -0.835. The van der Waals surface area contributed by atoms with Crippen molar-refractivity contribution in [1.82, 2.24) is 0 Å². The molecule has 0 atom stereocenters. The number of hydrogen-bond acceptors (Lipinski definition) is 8. The third kappa shape index (κ3) is 3.73. The molecule has 2 aliphatic heterocycles. The van der Waals surface area contributed by atoms with E-state index in [-0.39, 0.29) is 19.8 Å². The lowest BCUT2D eigenvalue weighted by molar-refractivity contribution is -0.597. The molecule has 0 spiro atoms. The van der Waals surface area contributed by atoms with Crippen molar-refractivity contribution in [3.8, 4) is 0 Å². The van der Waals surface area contributed by atoms with Gasteiger partial charge in [-0.1, -0.05) is 0 Å². The molecule has 10 heteroatoms. The van der Waals surface area contributed by atoms with Gasteiger partial charge < -0.3 is 23.0 Å². The molecule has 0 amide bonds. The lowest BCUT2D eigenvalue weighted by atomic mass is 10.0. The summed E-state index contributed by atoms with van der Waals surface area (Å²) in [5.41, 5.74) is -1.48. The predicted molar refractivity (Wildman–Crippen MR) is 72.5 cm³/mol. The summed E-state index contributed by atoms with van der Waals surface area (Å²) in [6.45, 7) is 0.946. The van der Waals surface area contributed by atoms with Crippen LogP contribution in [0.15, 0.2) is 0 Å². The smallest absolute Gasteiger partial charge is 0.327 e. The van der Waals surface area contributed by atoms with Crippen molar-refractivity contribution in [2.75, 3.05) is 33.0 Å². The Labute approximate surface area is 122 Å². The lowest BCUT2D eigenvalue weighted by Gasteiger charge is -2.38. The molecular formula is C10H18NO7PS. The van der Waals surface area contributed by atoms with Crippen molar-refractivity contribution in [2.45, 2.75) is 31.6 Å². The van der Waals surface area contributed by atoms with E-state index in [1.807, 2.05) is 0 Å². The molecule has 2 rings (SSSR count). The Morgan fingerprint density at radius 3 is 2.35 bits per heavy atom. The van der Waals surface area contributed by atoms with Gasteiger partial charge in [0, 0.05) is 4.92 Å². The van der Waals surface area contributed by atoms with Crippen LogP contribution in [0, 0.1) is 10.1 Å². The Morgan fingerprint density at radius 2 is 1.85 bits per heavy atom. The fraction of sp³-hybridized carbons (Fsp3) is 1.00. The second-order valence-corrected chi connectivity index (χ2v) is 8.21. The molecule has 2 fully saturated rings. The third-order valence-electron chi connectivity index (χ3n) is 3.04. The number of nitrogens with zero attached hydrogens (tertiary/aromatic N) is 1. The molecule has 2 saturated heterocycles. The number of ether oxygens (including phenoxy) is 2. The average Bonchev–Trinajstić information content (AvgIpc) is 2.38. The molecular weight excluding hydrogens is 309 g/mol. The van der Waals surface area contributed by atoms with Crippen LogP contribution in [-0.2, 0) is 34.9 Å². The quantitative estimate of drug-likeness (QED) is 0.435. The van der Waals surface area contributed by atoms with Crippen LogP contribution in [0.5, 0.6) is 0 Å². The van der Waals surface area contributed by atoms with Crippen LogP contribution in [0.2, 0.25) is 0 Å². The minimum atomic E-state index is -2.88. The second-order valence-electron chi connectivity index (χ2n) is 5.20. The van der Waals surface area contributed by atoms with E-state index in [1.54, 1.807) is 13.8 Å². The predicted octanol–water partition coefficient (Wildman–Crippen LogP) is 1.46. The highest BCUT2D eigenvalue weighted by molar-refractivity contribution is 8.07. The molecule has 0 aromatic heterocycles. The summed E-state index contributed by atoms with van der Waals surface area (Å²) in [7, 11) is 0. The Bertz CT molecular complexity index is 410. The van der Waals surface area contributed by atoms with E-state index < -0.39 is 23.0 Å². The van der Waals surface area contributed by atoms with Crippen molar-refractivity contribution in [3.63, 3.8) is 0 Å². The summed E-state index contributed by atoms with van der Waals surface area (Å²) in [6, 6.07) is 0. The van der Waals surface area contributed by atoms with Gasteiger partial charge in [-0.2, -0.15) is 0 Å². The van der Waals surface area contributed by atoms with Crippen molar-refractivity contribution >= 4 is 18.5 Å². The van der Waals surface area contributed by atoms with Gasteiger partial charge in [0.15, 0.2) is 5.79 Å². The van der Waals surface area contributed by atoms with Crippen molar-refractivity contribution < 1.29 is 28.0 Å². The van der Waals surface area contributed by atoms with Crippen LogP contribution in [0.3, 0.4) is 0 Å². The van der Waals surface area contributed by atoms with E-state index in [0.717, 1.165) is 6.42 Å². The molecule has 0 bridgehead atoms. The van der Waals surface area contributed by atoms with Crippen LogP contribution in [0.25, 0.3) is 0 Å². The standard InChI is InChI=1S/C10H18NO7PS/c1-9(2)14-6-10(7-15-9,11(12)13)8-18-19(20)16-4-3-5-17-19/h3-8H2,1-2H3. The van der Waals surface area contributed by atoms with Crippen molar-refractivity contribution in [1.29, 1.82) is 0 Å². The molecule has 8 nitrogen and oxygen atoms in total. The van der Waals surface area contributed by atoms with E-state index in [4.69, 9.17) is 34.9 Å². The van der Waals surface area contributed by atoms with Crippen molar-refractivity contribution in [3.05, 3.63) is 10.1 Å². The Balaban J connectivity index is 2.00. The monoisotopic (exact) mass is 327 g/mol. The Kier molecular flexibility index (Phi) is 4.80. The lowest BCUT2D eigenvalue weighted by Crippen LogP contribution is -2.58. The van der Waals surface area contributed by atoms with Gasteiger partial charge in [-0.05, 0) is 32.1 Å². The molecule has 2 aliphatic rings. The number of nitro groups is 1. The molecule has 0 aromatic rings. The van der Waals surface area contributed by atoms with Crippen LogP contribution in [0.1, 0.15) is 20.3 Å². The van der Waals surface area contributed by atoms with E-state index in [1.165, 1.54) is 0 Å². The highest BCUT2D eigenvalue weighted by atomic mass is 32.5. The van der Waals surface area contributed by atoms with E-state index >= 15 is 0 Å². The second kappa shape index (κ2) is 5.92. The van der Waals surface area contributed by atoms with Crippen LogP contribution in [-0.4, -0.2) is 49.3 Å². The van der Waals surface area contributed by atoms with Crippen LogP contribution in [0.4, 0.5) is 0 Å². The molecule has 0 aromatic carbocycles. The number of rotatable bonds is 4. The van der Waals surface area contributed by atoms with Gasteiger partial charge >= 0.3 is 6.72 Å². The molecule has 20 heavy (non-hydrogen) atoms. The van der Waals surface area contributed by atoms with Gasteiger partial charge in [0.2, 0.25) is 0 Å². The number of hydrogen-bond donors (Lipinski definition) is 0. The van der Waals surface area contributed by atoms with Gasteiger partial charge in [-0.15, -0.1) is 0 Å². The summed E-state index contributed by atoms with van der Waals surface area (Å²) >= 11 is 5.14. The maximum Gasteiger partial charge on any atom is 0.327 e. The Morgan fingerprint density at radius 1 is 1.30 bits per heavy atom. The first-order chi connectivity index (χ1) is 9.27. The first-order valence-corrected chi connectivity index (χ1v) is 8.79. The topological polar surface area (TPSA) is 89.3 Å². The summed E-state index contributed by atoms with van der Waals surface area (Å²) in [6.07, 6.45) is 0.739. The van der Waals surface area contributed by atoms with Gasteiger partial charge in [0.25, 0.3) is 5.54 Å². The van der Waals surface area contributed by atoms with Gasteiger partial charge in [0.05, 0.1) is 13.2 Å². The highest BCUT2D eigenvalue weighted by Crippen LogP contribution is 2.52. The zero-order chi connectivity index (χ0) is 14.9.